The van der Waals surface area contributed by atoms with Crippen LogP contribution < -0.4 is 5.73 Å². The van der Waals surface area contributed by atoms with Crippen LogP contribution in [-0.4, -0.2) is 53.5 Å². The lowest BCUT2D eigenvalue weighted by atomic mass is 10.1. The van der Waals surface area contributed by atoms with Gasteiger partial charge in [-0.2, -0.15) is 0 Å². The number of piperazine rings is 1. The van der Waals surface area contributed by atoms with E-state index in [-0.39, 0.29) is 0 Å². The fourth-order valence-corrected chi connectivity index (χ4v) is 3.80. The Morgan fingerprint density at radius 1 is 1.11 bits per heavy atom. The van der Waals surface area contributed by atoms with E-state index in [0.29, 0.717) is 12.1 Å². The smallest absolute Gasteiger partial charge is 0.191 e. The van der Waals surface area contributed by atoms with Crippen molar-refractivity contribution in [2.75, 3.05) is 19.6 Å². The van der Waals surface area contributed by atoms with Gasteiger partial charge in [0.2, 0.25) is 0 Å². The Morgan fingerprint density at radius 2 is 1.89 bits per heavy atom. The number of aliphatic imine (C=N–C) groups is 1. The average Bonchev–Trinajstić information content (AvgIpc) is 2.98. The summed E-state index contributed by atoms with van der Waals surface area (Å²) in [5, 5.41) is 0. The molecule has 0 radical (unpaired) electrons. The summed E-state index contributed by atoms with van der Waals surface area (Å²) in [6, 6.07) is 1.74. The highest BCUT2D eigenvalue weighted by atomic mass is 15.4. The third kappa shape index (κ3) is 2.35. The lowest BCUT2D eigenvalue weighted by molar-refractivity contribution is 0.107. The molecule has 2 heterocycles. The van der Waals surface area contributed by atoms with Gasteiger partial charge in [0.05, 0.1) is 6.04 Å². The van der Waals surface area contributed by atoms with Crippen LogP contribution >= 0.6 is 0 Å². The number of rotatable bonds is 1. The summed E-state index contributed by atoms with van der Waals surface area (Å²) in [7, 11) is 0. The van der Waals surface area contributed by atoms with E-state index in [2.05, 4.69) is 16.7 Å². The lowest BCUT2D eigenvalue weighted by Crippen LogP contribution is -2.58. The Hall–Kier alpha value is -0.770. The zero-order valence-electron chi connectivity index (χ0n) is 11.5. The number of hydrogen-bond acceptors (Lipinski definition) is 2. The molecule has 18 heavy (non-hydrogen) atoms. The van der Waals surface area contributed by atoms with Crippen LogP contribution in [0.5, 0.6) is 0 Å². The van der Waals surface area contributed by atoms with Crippen molar-refractivity contribution in [2.45, 2.75) is 63.6 Å². The van der Waals surface area contributed by atoms with Crippen LogP contribution in [-0.2, 0) is 0 Å². The number of hydrogen-bond donors (Lipinski definition) is 1. The van der Waals surface area contributed by atoms with Crippen LogP contribution in [0, 0.1) is 0 Å². The monoisotopic (exact) mass is 250 g/mol. The first-order valence-electron chi connectivity index (χ1n) is 7.58. The second kappa shape index (κ2) is 5.08. The normalized spacial score (nSPS) is 35.2. The van der Waals surface area contributed by atoms with Gasteiger partial charge in [-0.25, -0.2) is 4.99 Å². The fourth-order valence-electron chi connectivity index (χ4n) is 3.80. The van der Waals surface area contributed by atoms with Gasteiger partial charge in [0.15, 0.2) is 5.96 Å². The molecular formula is C14H26N4. The highest BCUT2D eigenvalue weighted by Crippen LogP contribution is 2.25. The molecule has 0 aromatic carbocycles. The van der Waals surface area contributed by atoms with Crippen LogP contribution in [0.4, 0.5) is 0 Å². The third-order valence-electron chi connectivity index (χ3n) is 4.87. The first kappa shape index (κ1) is 12.3. The van der Waals surface area contributed by atoms with Gasteiger partial charge in [0, 0.05) is 25.2 Å². The quantitative estimate of drug-likeness (QED) is 0.565. The van der Waals surface area contributed by atoms with Crippen molar-refractivity contribution in [1.82, 2.24) is 9.80 Å². The summed E-state index contributed by atoms with van der Waals surface area (Å²) >= 11 is 0. The maximum Gasteiger partial charge on any atom is 0.191 e. The molecule has 0 aromatic heterocycles. The van der Waals surface area contributed by atoms with Crippen LogP contribution in [0.3, 0.4) is 0 Å². The Morgan fingerprint density at radius 3 is 2.67 bits per heavy atom. The number of fused-ring (bicyclic) bond motifs is 1. The molecule has 1 saturated carbocycles. The van der Waals surface area contributed by atoms with Crippen molar-refractivity contribution < 1.29 is 0 Å². The summed E-state index contributed by atoms with van der Waals surface area (Å²) in [4.78, 5) is 9.75. The summed E-state index contributed by atoms with van der Waals surface area (Å²) < 4.78 is 0. The van der Waals surface area contributed by atoms with Gasteiger partial charge in [-0.05, 0) is 39.2 Å². The van der Waals surface area contributed by atoms with Crippen LogP contribution in [0.2, 0.25) is 0 Å². The molecule has 0 bridgehead atoms. The minimum absolute atomic E-state index is 0.499. The molecule has 2 unspecified atom stereocenters. The topological polar surface area (TPSA) is 44.9 Å². The average molecular weight is 250 g/mol. The predicted octanol–water partition coefficient (Wildman–Crippen LogP) is 1.41. The largest absolute Gasteiger partial charge is 0.370 e. The first-order valence-corrected chi connectivity index (χ1v) is 7.58. The van der Waals surface area contributed by atoms with E-state index in [1.807, 2.05) is 0 Å². The van der Waals surface area contributed by atoms with Crippen molar-refractivity contribution >= 4 is 5.96 Å². The maximum atomic E-state index is 6.26. The number of nitrogens with two attached hydrogens (primary N) is 1. The molecule has 3 fully saturated rings. The maximum absolute atomic E-state index is 6.26. The summed E-state index contributed by atoms with van der Waals surface area (Å²) in [5.74, 6) is 0.806. The van der Waals surface area contributed by atoms with E-state index >= 15 is 0 Å². The van der Waals surface area contributed by atoms with Crippen molar-refractivity contribution in [3.8, 4) is 0 Å². The third-order valence-corrected chi connectivity index (χ3v) is 4.87. The standard InChI is InChI=1S/C14H26N4/c1-11-9-17-8-4-7-13(17)10-18(11)14(15)16-12-5-2-3-6-12/h11-13H,2-10H2,1H3,(H2,15,16). The minimum atomic E-state index is 0.499. The zero-order valence-corrected chi connectivity index (χ0v) is 11.5. The van der Waals surface area contributed by atoms with E-state index in [0.717, 1.165) is 25.1 Å². The van der Waals surface area contributed by atoms with Crippen molar-refractivity contribution in [1.29, 1.82) is 0 Å². The highest BCUT2D eigenvalue weighted by Gasteiger charge is 2.35. The zero-order chi connectivity index (χ0) is 12.5. The summed E-state index contributed by atoms with van der Waals surface area (Å²) in [5.41, 5.74) is 6.26. The van der Waals surface area contributed by atoms with Gasteiger partial charge in [-0.3, -0.25) is 4.90 Å². The first-order chi connectivity index (χ1) is 8.74. The van der Waals surface area contributed by atoms with E-state index in [9.17, 15) is 0 Å². The van der Waals surface area contributed by atoms with Crippen LogP contribution in [0.25, 0.3) is 0 Å². The summed E-state index contributed by atoms with van der Waals surface area (Å²) in [6.45, 7) is 5.81. The second-order valence-electron chi connectivity index (χ2n) is 6.22. The van der Waals surface area contributed by atoms with Crippen molar-refractivity contribution in [2.24, 2.45) is 10.7 Å². The molecule has 4 heteroatoms. The molecule has 0 amide bonds. The van der Waals surface area contributed by atoms with Gasteiger partial charge in [-0.1, -0.05) is 12.8 Å². The second-order valence-corrected chi connectivity index (χ2v) is 6.22. The van der Waals surface area contributed by atoms with Crippen LogP contribution in [0.1, 0.15) is 45.4 Å². The van der Waals surface area contributed by atoms with Gasteiger partial charge >= 0.3 is 0 Å². The highest BCUT2D eigenvalue weighted by molar-refractivity contribution is 5.78. The molecule has 3 rings (SSSR count). The number of guanidine groups is 1. The van der Waals surface area contributed by atoms with E-state index < -0.39 is 0 Å². The molecule has 102 valence electrons. The molecule has 0 spiro atoms. The van der Waals surface area contributed by atoms with Gasteiger partial charge in [-0.15, -0.1) is 0 Å². The molecule has 2 aliphatic heterocycles. The number of nitrogens with zero attached hydrogens (tertiary/aromatic N) is 3. The van der Waals surface area contributed by atoms with Gasteiger partial charge in [0.25, 0.3) is 0 Å². The molecular weight excluding hydrogens is 224 g/mol. The Balaban J connectivity index is 1.66. The Kier molecular flexibility index (Phi) is 3.46. The van der Waals surface area contributed by atoms with Gasteiger partial charge in [0.1, 0.15) is 0 Å². The SMILES string of the molecule is CC1CN2CCCC2CN1C(N)=NC1CCCC1. The molecule has 4 nitrogen and oxygen atoms in total. The van der Waals surface area contributed by atoms with Crippen LogP contribution in [0.15, 0.2) is 4.99 Å². The minimum Gasteiger partial charge on any atom is -0.370 e. The molecule has 0 aromatic rings. The van der Waals surface area contributed by atoms with E-state index in [1.165, 1.54) is 45.1 Å². The Labute approximate surface area is 110 Å². The van der Waals surface area contributed by atoms with Gasteiger partial charge < -0.3 is 10.6 Å². The fraction of sp³-hybridized carbons (Fsp3) is 0.929. The van der Waals surface area contributed by atoms with E-state index in [4.69, 9.17) is 10.7 Å². The molecule has 2 saturated heterocycles. The molecule has 2 atom stereocenters. The molecule has 2 N–H and O–H groups in total. The molecule has 3 aliphatic rings. The lowest BCUT2D eigenvalue weighted by Gasteiger charge is -2.43. The van der Waals surface area contributed by atoms with E-state index in [1.54, 1.807) is 0 Å². The summed E-state index contributed by atoms with van der Waals surface area (Å²) in [6.07, 6.45) is 7.81. The predicted molar refractivity (Wildman–Crippen MR) is 74.6 cm³/mol. The Bertz CT molecular complexity index is 322. The van der Waals surface area contributed by atoms with Crippen molar-refractivity contribution in [3.63, 3.8) is 0 Å². The molecule has 1 aliphatic carbocycles. The van der Waals surface area contributed by atoms with Crippen molar-refractivity contribution in [3.05, 3.63) is 0 Å².